The highest BCUT2D eigenvalue weighted by molar-refractivity contribution is 6.73. The number of hydrogen-bond acceptors (Lipinski definition) is 8. The van der Waals surface area contributed by atoms with Crippen molar-refractivity contribution in [1.82, 2.24) is 9.80 Å². The van der Waals surface area contributed by atoms with Crippen LogP contribution < -0.4 is 0 Å². The number of amides is 2. The van der Waals surface area contributed by atoms with E-state index < -0.39 is 20.2 Å². The average Bonchev–Trinajstić information content (AvgIpc) is 3.79. The molecule has 14 atom stereocenters. The summed E-state index contributed by atoms with van der Waals surface area (Å²) >= 11 is 0. The number of fused-ring (bicyclic) bond motifs is 4. The number of hydrogen-bond donors (Lipinski definition) is 0. The lowest BCUT2D eigenvalue weighted by Crippen LogP contribution is -2.61. The first kappa shape index (κ1) is 45.2. The highest BCUT2D eigenvalue weighted by atomic mass is 28.4. The first-order valence-electron chi connectivity index (χ1n) is 24.7. The largest absolute Gasteiger partial charge is 0.444 e. The van der Waals surface area contributed by atoms with E-state index in [9.17, 15) is 9.59 Å². The minimum absolute atomic E-state index is 0.00637. The molecule has 5 saturated carbocycles. The van der Waals surface area contributed by atoms with E-state index in [-0.39, 0.29) is 64.9 Å². The van der Waals surface area contributed by atoms with Crippen LogP contribution in [-0.4, -0.2) is 106 Å². The molecule has 60 heavy (non-hydrogen) atoms. The van der Waals surface area contributed by atoms with Crippen LogP contribution in [0.25, 0.3) is 0 Å². The maximum atomic E-state index is 13.3. The number of carbonyl (C=O) groups is 2. The van der Waals surface area contributed by atoms with E-state index in [0.717, 1.165) is 50.5 Å². The van der Waals surface area contributed by atoms with E-state index in [1.54, 1.807) is 4.90 Å². The SMILES string of the molecule is CC[Si](CC)(CC)O[C@H]1[C@H]2O[C@@H]([C@H](OC(=O)N3CCC3)C(C)C)C[C@@H](C)[C@@H]2[C@@]2(C)CC[C@@]34C[C@@]35CC[C@H](O[C@H]3CN(C(=O)OC(C)(C)C)CCO3)C(C)(C)[C@@H]5CC[C@H]4[C@]12C. The molecule has 0 aromatic carbocycles. The zero-order chi connectivity index (χ0) is 43.4. The van der Waals surface area contributed by atoms with Gasteiger partial charge in [-0.2, -0.15) is 0 Å². The zero-order valence-corrected chi connectivity index (χ0v) is 41.0. The molecule has 0 unspecified atom stereocenters. The molecule has 5 aliphatic carbocycles. The lowest BCUT2D eigenvalue weighted by atomic mass is 9.41. The second-order valence-corrected chi connectivity index (χ2v) is 28.4. The van der Waals surface area contributed by atoms with Gasteiger partial charge in [0.15, 0.2) is 14.6 Å². The Morgan fingerprint density at radius 3 is 2.15 bits per heavy atom. The van der Waals surface area contributed by atoms with E-state index >= 15 is 0 Å². The third kappa shape index (κ3) is 6.87. The van der Waals surface area contributed by atoms with Crippen LogP contribution in [0.3, 0.4) is 0 Å². The van der Waals surface area contributed by atoms with Gasteiger partial charge in [-0.1, -0.05) is 69.2 Å². The van der Waals surface area contributed by atoms with E-state index in [2.05, 4.69) is 69.2 Å². The van der Waals surface area contributed by atoms with Crippen LogP contribution in [0.1, 0.15) is 148 Å². The molecule has 3 aliphatic heterocycles. The zero-order valence-electron chi connectivity index (χ0n) is 40.0. The van der Waals surface area contributed by atoms with Crippen LogP contribution in [0.15, 0.2) is 0 Å². The van der Waals surface area contributed by atoms with E-state index in [1.165, 1.54) is 38.5 Å². The molecule has 11 heteroatoms. The lowest BCUT2D eigenvalue weighted by Gasteiger charge is -2.64. The van der Waals surface area contributed by atoms with Crippen molar-refractivity contribution in [3.05, 3.63) is 0 Å². The van der Waals surface area contributed by atoms with Gasteiger partial charge in [0.05, 0.1) is 37.6 Å². The molecule has 0 bridgehead atoms. The van der Waals surface area contributed by atoms with Gasteiger partial charge in [-0.3, -0.25) is 0 Å². The Labute approximate surface area is 364 Å². The molecular weight excluding hydrogens is 773 g/mol. The predicted molar refractivity (Wildman–Crippen MR) is 236 cm³/mol. The van der Waals surface area contributed by atoms with Gasteiger partial charge in [0, 0.05) is 25.0 Å². The van der Waals surface area contributed by atoms with Crippen molar-refractivity contribution in [1.29, 1.82) is 0 Å². The van der Waals surface area contributed by atoms with Crippen molar-refractivity contribution in [3.63, 3.8) is 0 Å². The Hall–Kier alpha value is -1.40. The summed E-state index contributed by atoms with van der Waals surface area (Å²) in [6.45, 7) is 33.1. The Bertz CT molecular complexity index is 1600. The first-order valence-corrected chi connectivity index (χ1v) is 27.2. The van der Waals surface area contributed by atoms with E-state index in [1.807, 2.05) is 25.7 Å². The van der Waals surface area contributed by atoms with Crippen LogP contribution in [-0.2, 0) is 28.1 Å². The summed E-state index contributed by atoms with van der Waals surface area (Å²) in [6.07, 6.45) is 9.25. The number of likely N-dealkylation sites (tertiary alicyclic amines) is 1. The minimum atomic E-state index is -2.06. The Kier molecular flexibility index (Phi) is 11.8. The summed E-state index contributed by atoms with van der Waals surface area (Å²) in [5.74, 6) is 2.15. The fourth-order valence-electron chi connectivity index (χ4n) is 15.9. The molecule has 8 rings (SSSR count). The van der Waals surface area contributed by atoms with Gasteiger partial charge in [0.2, 0.25) is 0 Å². The van der Waals surface area contributed by atoms with Crippen LogP contribution in [0, 0.1) is 56.7 Å². The van der Waals surface area contributed by atoms with Crippen LogP contribution >= 0.6 is 0 Å². The number of carbonyl (C=O) groups excluding carboxylic acids is 2. The summed E-state index contributed by atoms with van der Waals surface area (Å²) < 4.78 is 40.9. The lowest BCUT2D eigenvalue weighted by molar-refractivity contribution is -0.246. The maximum absolute atomic E-state index is 13.3. The maximum Gasteiger partial charge on any atom is 0.410 e. The molecule has 2 spiro atoms. The molecule has 2 amide bonds. The predicted octanol–water partition coefficient (Wildman–Crippen LogP) is 10.7. The first-order chi connectivity index (χ1) is 28.2. The van der Waals surface area contributed by atoms with Gasteiger partial charge in [-0.05, 0) is 148 Å². The molecule has 8 fully saturated rings. The van der Waals surface area contributed by atoms with Gasteiger partial charge >= 0.3 is 12.2 Å². The Morgan fingerprint density at radius 2 is 1.53 bits per heavy atom. The third-order valence-corrected chi connectivity index (χ3v) is 24.0. The number of rotatable bonds is 10. The number of nitrogens with zero attached hydrogens (tertiary/aromatic N) is 2. The molecule has 10 nitrogen and oxygen atoms in total. The van der Waals surface area contributed by atoms with Crippen molar-refractivity contribution in [2.45, 2.75) is 208 Å². The van der Waals surface area contributed by atoms with Crippen LogP contribution in [0.5, 0.6) is 0 Å². The fourth-order valence-corrected chi connectivity index (χ4v) is 18.8. The van der Waals surface area contributed by atoms with Gasteiger partial charge in [-0.25, -0.2) is 9.59 Å². The third-order valence-electron chi connectivity index (χ3n) is 19.4. The molecule has 0 N–H and O–H groups in total. The second-order valence-electron chi connectivity index (χ2n) is 23.7. The molecule has 3 heterocycles. The molecule has 0 aromatic rings. The van der Waals surface area contributed by atoms with Gasteiger partial charge in [0.1, 0.15) is 11.7 Å². The topological polar surface area (TPSA) is 96.0 Å². The molecule has 0 aromatic heterocycles. The average molecular weight is 857 g/mol. The summed E-state index contributed by atoms with van der Waals surface area (Å²) in [6, 6.07) is 3.37. The molecule has 0 radical (unpaired) electrons. The highest BCUT2D eigenvalue weighted by Crippen LogP contribution is 2.89. The van der Waals surface area contributed by atoms with Crippen molar-refractivity contribution >= 4 is 20.5 Å². The summed E-state index contributed by atoms with van der Waals surface area (Å²) in [4.78, 5) is 30.0. The summed E-state index contributed by atoms with van der Waals surface area (Å²) in [7, 11) is -2.06. The molecule has 3 saturated heterocycles. The quantitative estimate of drug-likeness (QED) is 0.201. The minimum Gasteiger partial charge on any atom is -0.444 e. The molecule has 8 aliphatic rings. The molecule has 342 valence electrons. The molecular formula is C49H84N2O8Si. The monoisotopic (exact) mass is 857 g/mol. The van der Waals surface area contributed by atoms with E-state index in [0.29, 0.717) is 54.2 Å². The normalized spacial score (nSPS) is 43.7. The smallest absolute Gasteiger partial charge is 0.410 e. The Balaban J connectivity index is 1.07. The summed E-state index contributed by atoms with van der Waals surface area (Å²) in [5.41, 5.74) is 0.115. The van der Waals surface area contributed by atoms with Crippen molar-refractivity contribution in [3.8, 4) is 0 Å². The van der Waals surface area contributed by atoms with E-state index in [4.69, 9.17) is 28.1 Å². The number of ether oxygens (including phenoxy) is 5. The van der Waals surface area contributed by atoms with Crippen LogP contribution in [0.4, 0.5) is 9.59 Å². The second kappa shape index (κ2) is 15.6. The van der Waals surface area contributed by atoms with Gasteiger partial charge in [0.25, 0.3) is 0 Å². The van der Waals surface area contributed by atoms with Crippen molar-refractivity contribution in [2.24, 2.45) is 56.7 Å². The number of morpholine rings is 1. The highest BCUT2D eigenvalue weighted by Gasteiger charge is 2.85. The standard InChI is InChI=1S/C49H84N2O8Si/c1-14-60(15-2,16-3)59-41-40-38(32(6)28-33(55-40)39(31(4)5)57-42(52)50-24-17-25-50)46(12)22-23-49-30-48(49)21-20-36(45(10,11)34(48)18-19-35(49)47(41,46)13)56-37-29-51(26-27-54-37)43(53)58-44(7,8)9/h31-41H,14-30H2,1-13H3/t32-,33-,34+,35+,36+,37+,38+,39-,40+,41+,46-,47-,48-,49+/m1/s1. The fraction of sp³-hybridized carbons (Fsp3) is 0.959. The van der Waals surface area contributed by atoms with Gasteiger partial charge in [-0.15, -0.1) is 0 Å². The summed E-state index contributed by atoms with van der Waals surface area (Å²) in [5, 5.41) is 0. The van der Waals surface area contributed by atoms with Crippen molar-refractivity contribution in [2.75, 3.05) is 32.8 Å². The van der Waals surface area contributed by atoms with Gasteiger partial charge < -0.3 is 37.9 Å². The Morgan fingerprint density at radius 1 is 0.867 bits per heavy atom. The van der Waals surface area contributed by atoms with Crippen molar-refractivity contribution < 1.29 is 37.7 Å². The van der Waals surface area contributed by atoms with Crippen LogP contribution in [0.2, 0.25) is 18.1 Å².